The highest BCUT2D eigenvalue weighted by molar-refractivity contribution is 5.99. The van der Waals surface area contributed by atoms with Gasteiger partial charge in [-0.25, -0.2) is 0 Å². The lowest BCUT2D eigenvalue weighted by Crippen LogP contribution is -2.28. The molecule has 1 spiro atoms. The molecule has 0 bridgehead atoms. The maximum absolute atomic E-state index is 2.50. The molecule has 3 aliphatic rings. The van der Waals surface area contributed by atoms with Crippen LogP contribution in [0.15, 0.2) is 188 Å². The largest absolute Gasteiger partial charge is 0.310 e. The third-order valence-electron chi connectivity index (χ3n) is 11.4. The summed E-state index contributed by atoms with van der Waals surface area (Å²) < 4.78 is 0. The zero-order valence-corrected chi connectivity index (χ0v) is 30.1. The zero-order chi connectivity index (χ0) is 35.5. The van der Waals surface area contributed by atoms with Crippen molar-refractivity contribution in [2.24, 2.45) is 0 Å². The first-order valence-corrected chi connectivity index (χ1v) is 18.7. The van der Waals surface area contributed by atoms with E-state index in [1.807, 2.05) is 0 Å². The molecule has 3 aliphatic carbocycles. The van der Waals surface area contributed by atoms with Crippen LogP contribution in [-0.2, 0) is 5.41 Å². The third-order valence-corrected chi connectivity index (χ3v) is 11.4. The van der Waals surface area contributed by atoms with Gasteiger partial charge in [0.2, 0.25) is 0 Å². The Kier molecular flexibility index (Phi) is 7.33. The van der Waals surface area contributed by atoms with Crippen molar-refractivity contribution in [3.8, 4) is 11.1 Å². The van der Waals surface area contributed by atoms with Gasteiger partial charge in [0.1, 0.15) is 0 Å². The monoisotopic (exact) mass is 680 g/mol. The Morgan fingerprint density at radius 2 is 0.906 bits per heavy atom. The number of fused-ring (bicyclic) bond motifs is 9. The van der Waals surface area contributed by atoms with E-state index < -0.39 is 5.41 Å². The Balaban J connectivity index is 1.25. The smallest absolute Gasteiger partial charge is 0.0690 e. The van der Waals surface area contributed by atoms with Crippen LogP contribution in [0.3, 0.4) is 0 Å². The number of hydrogen-bond donors (Lipinski definition) is 0. The zero-order valence-electron chi connectivity index (χ0n) is 30.1. The van der Waals surface area contributed by atoms with E-state index in [1.165, 1.54) is 55.7 Å². The molecule has 10 rings (SSSR count). The molecular weight excluding hydrogens is 641 g/mol. The normalized spacial score (nSPS) is 14.5. The highest BCUT2D eigenvalue weighted by Crippen LogP contribution is 2.64. The SMILES string of the molecule is Cc1cccc(N(c2ccccc2)c2ccc3c(c2)C2(C4=C(C=CCC4)c4ccccc42)c2cc(N(c4ccccc4)c4cccc(C)c4)ccc2-3)c1. The van der Waals surface area contributed by atoms with E-state index in [-0.39, 0.29) is 0 Å². The average Bonchev–Trinajstić information content (AvgIpc) is 3.66. The van der Waals surface area contributed by atoms with Gasteiger partial charge in [-0.1, -0.05) is 109 Å². The molecule has 0 aromatic heterocycles. The highest BCUT2D eigenvalue weighted by atomic mass is 15.1. The molecule has 0 radical (unpaired) electrons. The number of anilines is 6. The van der Waals surface area contributed by atoms with E-state index in [2.05, 4.69) is 206 Å². The topological polar surface area (TPSA) is 6.48 Å². The predicted molar refractivity (Wildman–Crippen MR) is 222 cm³/mol. The van der Waals surface area contributed by atoms with Gasteiger partial charge in [-0.15, -0.1) is 0 Å². The molecule has 0 amide bonds. The molecule has 53 heavy (non-hydrogen) atoms. The Labute approximate surface area is 312 Å². The van der Waals surface area contributed by atoms with Crippen molar-refractivity contribution in [1.82, 2.24) is 0 Å². The van der Waals surface area contributed by atoms with Crippen LogP contribution in [0.25, 0.3) is 16.7 Å². The third kappa shape index (κ3) is 4.86. The van der Waals surface area contributed by atoms with Crippen LogP contribution in [0, 0.1) is 13.8 Å². The number of hydrogen-bond acceptors (Lipinski definition) is 2. The fourth-order valence-electron chi connectivity index (χ4n) is 9.29. The molecule has 0 N–H and O–H groups in total. The molecule has 0 atom stereocenters. The quantitative estimate of drug-likeness (QED) is 0.172. The Bertz CT molecular complexity index is 2460. The van der Waals surface area contributed by atoms with Crippen LogP contribution in [0.2, 0.25) is 0 Å². The molecule has 2 nitrogen and oxygen atoms in total. The summed E-state index contributed by atoms with van der Waals surface area (Å²) in [7, 11) is 0. The summed E-state index contributed by atoms with van der Waals surface area (Å²) in [5, 5.41) is 0. The second-order valence-corrected chi connectivity index (χ2v) is 14.6. The van der Waals surface area contributed by atoms with Gasteiger partial charge in [0.25, 0.3) is 0 Å². The number of benzene rings is 7. The van der Waals surface area contributed by atoms with Crippen molar-refractivity contribution < 1.29 is 0 Å². The summed E-state index contributed by atoms with van der Waals surface area (Å²) >= 11 is 0. The molecular formula is C51H40N2. The van der Waals surface area contributed by atoms with Gasteiger partial charge < -0.3 is 9.80 Å². The molecule has 0 saturated heterocycles. The first-order valence-electron chi connectivity index (χ1n) is 18.7. The number of nitrogens with zero attached hydrogens (tertiary/aromatic N) is 2. The van der Waals surface area contributed by atoms with Crippen molar-refractivity contribution in [2.45, 2.75) is 32.1 Å². The first-order chi connectivity index (χ1) is 26.1. The molecule has 0 heterocycles. The van der Waals surface area contributed by atoms with Gasteiger partial charge in [0.15, 0.2) is 0 Å². The predicted octanol–water partition coefficient (Wildman–Crippen LogP) is 13.7. The molecule has 0 aliphatic heterocycles. The number of para-hydroxylation sites is 2. The standard InChI is InChI=1S/C51H40N2/c1-35-15-13-21-39(31-35)52(37-17-5-3-6-18-37)41-27-29-45-46-30-28-42(53(38-19-7-4-8-20-38)40-22-14-16-36(2)32-40)34-50(46)51(49(45)33-41)47-25-11-9-23-43(47)44-24-10-12-26-48(44)51/h3-11,13-25,27-34H,12,26H2,1-2H3. The summed E-state index contributed by atoms with van der Waals surface area (Å²) in [4.78, 5) is 4.84. The van der Waals surface area contributed by atoms with Gasteiger partial charge in [-0.3, -0.25) is 0 Å². The molecule has 7 aromatic rings. The summed E-state index contributed by atoms with van der Waals surface area (Å²) in [6.07, 6.45) is 6.82. The van der Waals surface area contributed by atoms with Crippen molar-refractivity contribution >= 4 is 39.7 Å². The minimum absolute atomic E-state index is 0.419. The second-order valence-electron chi connectivity index (χ2n) is 14.6. The lowest BCUT2D eigenvalue weighted by Gasteiger charge is -2.35. The molecule has 0 saturated carbocycles. The molecule has 0 fully saturated rings. The van der Waals surface area contributed by atoms with E-state index in [1.54, 1.807) is 0 Å². The van der Waals surface area contributed by atoms with E-state index in [0.717, 1.165) is 47.0 Å². The van der Waals surface area contributed by atoms with E-state index in [9.17, 15) is 0 Å². The number of rotatable bonds is 6. The van der Waals surface area contributed by atoms with Crippen molar-refractivity contribution in [3.05, 3.63) is 221 Å². The molecule has 254 valence electrons. The average molecular weight is 681 g/mol. The van der Waals surface area contributed by atoms with Crippen LogP contribution in [0.5, 0.6) is 0 Å². The van der Waals surface area contributed by atoms with Crippen LogP contribution in [0.1, 0.15) is 46.2 Å². The minimum atomic E-state index is -0.419. The van der Waals surface area contributed by atoms with Gasteiger partial charge in [0.05, 0.1) is 5.41 Å². The fraction of sp³-hybridized carbons (Fsp3) is 0.0980. The first kappa shape index (κ1) is 31.4. The fourth-order valence-corrected chi connectivity index (χ4v) is 9.29. The van der Waals surface area contributed by atoms with Crippen LogP contribution < -0.4 is 9.80 Å². The van der Waals surface area contributed by atoms with E-state index >= 15 is 0 Å². The van der Waals surface area contributed by atoms with E-state index in [4.69, 9.17) is 0 Å². The highest BCUT2D eigenvalue weighted by Gasteiger charge is 2.53. The van der Waals surface area contributed by atoms with Crippen molar-refractivity contribution in [2.75, 3.05) is 9.80 Å². The Morgan fingerprint density at radius 1 is 0.415 bits per heavy atom. The van der Waals surface area contributed by atoms with Gasteiger partial charge in [-0.05, 0) is 155 Å². The summed E-state index contributed by atoms with van der Waals surface area (Å²) in [6.45, 7) is 4.35. The Hall–Kier alpha value is -6.38. The lowest BCUT2D eigenvalue weighted by molar-refractivity contribution is 0.714. The van der Waals surface area contributed by atoms with Gasteiger partial charge in [0, 0.05) is 34.1 Å². The lowest BCUT2D eigenvalue weighted by atomic mass is 9.68. The van der Waals surface area contributed by atoms with Crippen molar-refractivity contribution in [3.63, 3.8) is 0 Å². The van der Waals surface area contributed by atoms with Crippen molar-refractivity contribution in [1.29, 1.82) is 0 Å². The van der Waals surface area contributed by atoms with Gasteiger partial charge >= 0.3 is 0 Å². The second kappa shape index (κ2) is 12.4. The van der Waals surface area contributed by atoms with E-state index in [0.29, 0.717) is 0 Å². The molecule has 0 unspecified atom stereocenters. The summed E-state index contributed by atoms with van der Waals surface area (Å²) in [5.74, 6) is 0. The summed E-state index contributed by atoms with van der Waals surface area (Å²) in [6, 6.07) is 62.9. The van der Waals surface area contributed by atoms with Crippen LogP contribution >= 0.6 is 0 Å². The number of allylic oxidation sites excluding steroid dienone is 4. The molecule has 7 aromatic carbocycles. The maximum atomic E-state index is 2.50. The number of aryl methyl sites for hydroxylation is 2. The van der Waals surface area contributed by atoms with Gasteiger partial charge in [-0.2, -0.15) is 0 Å². The Morgan fingerprint density at radius 3 is 1.45 bits per heavy atom. The molecule has 2 heteroatoms. The maximum Gasteiger partial charge on any atom is 0.0690 e. The van der Waals surface area contributed by atoms with Crippen LogP contribution in [0.4, 0.5) is 34.1 Å². The summed E-state index contributed by atoms with van der Waals surface area (Å²) in [5.41, 5.74) is 20.0. The minimum Gasteiger partial charge on any atom is -0.310 e. The van der Waals surface area contributed by atoms with Crippen LogP contribution in [-0.4, -0.2) is 0 Å².